The Morgan fingerprint density at radius 2 is 1.88 bits per heavy atom. The van der Waals surface area contributed by atoms with Gasteiger partial charge in [-0.2, -0.15) is 0 Å². The van der Waals surface area contributed by atoms with Gasteiger partial charge in [0.15, 0.2) is 0 Å². The molecule has 24 heavy (non-hydrogen) atoms. The SMILES string of the molecule is C[C@]12Cc3conc3C[C@@H]1CC[C@@H]1[C@@H]2CC[C@@]2(C)[C@H]1CC[C@]2(C)O. The van der Waals surface area contributed by atoms with E-state index in [0.29, 0.717) is 11.3 Å². The van der Waals surface area contributed by atoms with Crippen molar-refractivity contribution in [1.82, 2.24) is 5.16 Å². The quantitative estimate of drug-likeness (QED) is 0.768. The molecule has 1 N–H and O–H groups in total. The van der Waals surface area contributed by atoms with E-state index in [0.717, 1.165) is 37.0 Å². The van der Waals surface area contributed by atoms with Crippen molar-refractivity contribution in [2.24, 2.45) is 34.5 Å². The topological polar surface area (TPSA) is 46.3 Å². The van der Waals surface area contributed by atoms with Crippen molar-refractivity contribution in [3.8, 4) is 0 Å². The maximum atomic E-state index is 11.0. The van der Waals surface area contributed by atoms with Crippen molar-refractivity contribution in [3.05, 3.63) is 17.5 Å². The van der Waals surface area contributed by atoms with Gasteiger partial charge in [-0.05, 0) is 92.8 Å². The van der Waals surface area contributed by atoms with Gasteiger partial charge < -0.3 is 9.63 Å². The number of aromatic nitrogens is 1. The van der Waals surface area contributed by atoms with Crippen molar-refractivity contribution in [1.29, 1.82) is 0 Å². The molecule has 0 amide bonds. The molecule has 5 rings (SSSR count). The second-order valence-corrected chi connectivity index (χ2v) is 10.1. The standard InChI is InChI=1S/C21H31NO2/c1-19-11-13-12-24-22-18(13)10-14(19)4-5-15-16(19)6-8-20(2)17(15)7-9-21(20,3)23/h12,14-17,23H,4-11H2,1-3H3/t14-,15+,16-,17-,19-,20-,21-/m0/s1. The van der Waals surface area contributed by atoms with Gasteiger partial charge in [-0.25, -0.2) is 0 Å². The molecule has 4 aliphatic rings. The van der Waals surface area contributed by atoms with Crippen LogP contribution >= 0.6 is 0 Å². The molecule has 1 aromatic rings. The zero-order valence-electron chi connectivity index (χ0n) is 15.3. The molecule has 132 valence electrons. The molecule has 0 saturated heterocycles. The molecule has 4 aliphatic carbocycles. The van der Waals surface area contributed by atoms with Crippen molar-refractivity contribution in [2.75, 3.05) is 0 Å². The summed E-state index contributed by atoms with van der Waals surface area (Å²) in [6, 6.07) is 0. The Hall–Kier alpha value is -0.830. The Kier molecular flexibility index (Phi) is 3.00. The number of nitrogens with zero attached hydrogens (tertiary/aromatic N) is 1. The van der Waals surface area contributed by atoms with Gasteiger partial charge in [0.2, 0.25) is 0 Å². The fraction of sp³-hybridized carbons (Fsp3) is 0.857. The molecule has 0 radical (unpaired) electrons. The lowest BCUT2D eigenvalue weighted by Crippen LogP contribution is -2.56. The highest BCUT2D eigenvalue weighted by Gasteiger charge is 2.63. The van der Waals surface area contributed by atoms with E-state index in [1.54, 1.807) is 0 Å². The number of fused-ring (bicyclic) bond motifs is 6. The van der Waals surface area contributed by atoms with Crippen LogP contribution in [-0.4, -0.2) is 15.9 Å². The van der Waals surface area contributed by atoms with Crippen LogP contribution in [0.3, 0.4) is 0 Å². The van der Waals surface area contributed by atoms with E-state index < -0.39 is 5.60 Å². The van der Waals surface area contributed by atoms with E-state index >= 15 is 0 Å². The zero-order valence-corrected chi connectivity index (χ0v) is 15.3. The number of rotatable bonds is 0. The Morgan fingerprint density at radius 1 is 1.08 bits per heavy atom. The molecular formula is C21H31NO2. The predicted octanol–water partition coefficient (Wildman–Crippen LogP) is 4.38. The predicted molar refractivity (Wildman–Crippen MR) is 92.4 cm³/mol. The van der Waals surface area contributed by atoms with Crippen LogP contribution in [0.2, 0.25) is 0 Å². The van der Waals surface area contributed by atoms with Gasteiger partial charge in [0.05, 0.1) is 11.3 Å². The molecule has 3 nitrogen and oxygen atoms in total. The van der Waals surface area contributed by atoms with Gasteiger partial charge in [0, 0.05) is 5.56 Å². The Labute approximate surface area is 145 Å². The normalized spacial score (nSPS) is 53.0. The monoisotopic (exact) mass is 329 g/mol. The summed E-state index contributed by atoms with van der Waals surface area (Å²) in [7, 11) is 0. The molecule has 0 unspecified atom stereocenters. The van der Waals surface area contributed by atoms with Crippen LogP contribution in [-0.2, 0) is 12.8 Å². The van der Waals surface area contributed by atoms with Crippen molar-refractivity contribution in [2.45, 2.75) is 77.7 Å². The Morgan fingerprint density at radius 3 is 2.71 bits per heavy atom. The van der Waals surface area contributed by atoms with Crippen molar-refractivity contribution >= 4 is 0 Å². The van der Waals surface area contributed by atoms with E-state index in [1.165, 1.54) is 43.4 Å². The number of aliphatic hydroxyl groups is 1. The second-order valence-electron chi connectivity index (χ2n) is 10.1. The van der Waals surface area contributed by atoms with Gasteiger partial charge in [0.25, 0.3) is 0 Å². The van der Waals surface area contributed by atoms with E-state index in [2.05, 4.69) is 25.9 Å². The van der Waals surface area contributed by atoms with E-state index in [9.17, 15) is 5.11 Å². The highest BCUT2D eigenvalue weighted by molar-refractivity contribution is 5.25. The number of hydrogen-bond donors (Lipinski definition) is 1. The summed E-state index contributed by atoms with van der Waals surface area (Å²) in [6.45, 7) is 7.04. The minimum atomic E-state index is -0.464. The minimum Gasteiger partial charge on any atom is -0.390 e. The third-order valence-corrected chi connectivity index (χ3v) is 9.37. The fourth-order valence-electron chi connectivity index (χ4n) is 7.63. The first-order valence-corrected chi connectivity index (χ1v) is 10.00. The number of hydrogen-bond acceptors (Lipinski definition) is 3. The first-order valence-electron chi connectivity index (χ1n) is 10.00. The summed E-state index contributed by atoms with van der Waals surface area (Å²) in [5, 5.41) is 15.3. The Bertz CT molecular complexity index is 665. The third-order valence-electron chi connectivity index (χ3n) is 9.37. The fourth-order valence-corrected chi connectivity index (χ4v) is 7.63. The molecule has 3 fully saturated rings. The summed E-state index contributed by atoms with van der Waals surface area (Å²) in [5.74, 6) is 3.10. The molecular weight excluding hydrogens is 298 g/mol. The van der Waals surface area contributed by atoms with Crippen molar-refractivity contribution < 1.29 is 9.63 Å². The zero-order chi connectivity index (χ0) is 16.7. The molecule has 1 heterocycles. The smallest absolute Gasteiger partial charge is 0.127 e. The molecule has 0 aliphatic heterocycles. The molecule has 3 saturated carbocycles. The highest BCUT2D eigenvalue weighted by Crippen LogP contribution is 2.67. The molecule has 7 atom stereocenters. The average Bonchev–Trinajstić information content (AvgIpc) is 3.06. The van der Waals surface area contributed by atoms with Crippen LogP contribution in [0.1, 0.15) is 70.6 Å². The van der Waals surface area contributed by atoms with E-state index in [4.69, 9.17) is 4.52 Å². The lowest BCUT2D eigenvalue weighted by Gasteiger charge is -2.60. The van der Waals surface area contributed by atoms with Gasteiger partial charge in [-0.3, -0.25) is 0 Å². The highest BCUT2D eigenvalue weighted by atomic mass is 16.5. The van der Waals surface area contributed by atoms with E-state index in [1.807, 2.05) is 6.26 Å². The summed E-state index contributed by atoms with van der Waals surface area (Å²) < 4.78 is 5.28. The van der Waals surface area contributed by atoms with E-state index in [-0.39, 0.29) is 5.41 Å². The molecule has 0 spiro atoms. The van der Waals surface area contributed by atoms with Gasteiger partial charge in [-0.1, -0.05) is 19.0 Å². The van der Waals surface area contributed by atoms with Crippen LogP contribution in [0.5, 0.6) is 0 Å². The summed E-state index contributed by atoms with van der Waals surface area (Å²) in [5.41, 5.74) is 2.65. The van der Waals surface area contributed by atoms with Crippen LogP contribution in [0.4, 0.5) is 0 Å². The third kappa shape index (κ3) is 1.75. The summed E-state index contributed by atoms with van der Waals surface area (Å²) in [4.78, 5) is 0. The van der Waals surface area contributed by atoms with Gasteiger partial charge in [0.1, 0.15) is 6.26 Å². The largest absolute Gasteiger partial charge is 0.390 e. The lowest BCUT2D eigenvalue weighted by molar-refractivity contribution is -0.139. The summed E-state index contributed by atoms with van der Waals surface area (Å²) in [6.07, 6.45) is 11.6. The Balaban J connectivity index is 1.50. The first kappa shape index (κ1) is 15.4. The van der Waals surface area contributed by atoms with Crippen LogP contribution < -0.4 is 0 Å². The van der Waals surface area contributed by atoms with Gasteiger partial charge >= 0.3 is 0 Å². The molecule has 0 bridgehead atoms. The maximum absolute atomic E-state index is 11.0. The minimum absolute atomic E-state index is 0.133. The van der Waals surface area contributed by atoms with Crippen molar-refractivity contribution in [3.63, 3.8) is 0 Å². The summed E-state index contributed by atoms with van der Waals surface area (Å²) >= 11 is 0. The average molecular weight is 329 g/mol. The van der Waals surface area contributed by atoms with Crippen LogP contribution in [0.15, 0.2) is 10.8 Å². The maximum Gasteiger partial charge on any atom is 0.127 e. The van der Waals surface area contributed by atoms with Crippen LogP contribution in [0, 0.1) is 34.5 Å². The van der Waals surface area contributed by atoms with Crippen LogP contribution in [0.25, 0.3) is 0 Å². The molecule has 1 aromatic heterocycles. The van der Waals surface area contributed by atoms with Gasteiger partial charge in [-0.15, -0.1) is 0 Å². The first-order chi connectivity index (χ1) is 11.4. The molecule has 0 aromatic carbocycles. The lowest BCUT2D eigenvalue weighted by atomic mass is 9.44. The second kappa shape index (κ2) is 4.66. The molecule has 3 heteroatoms.